The zero-order valence-electron chi connectivity index (χ0n) is 14.0. The molecule has 3 aromatic rings. The van der Waals surface area contributed by atoms with Crippen LogP contribution in [-0.4, -0.2) is 27.2 Å². The molecular formula is C17H17ClFN5O2. The molecule has 136 valence electrons. The Balaban J connectivity index is 1.69. The average molecular weight is 378 g/mol. The van der Waals surface area contributed by atoms with Gasteiger partial charge in [0.25, 0.3) is 5.95 Å². The van der Waals surface area contributed by atoms with E-state index in [1.54, 1.807) is 6.07 Å². The van der Waals surface area contributed by atoms with E-state index in [4.69, 9.17) is 21.1 Å². The van der Waals surface area contributed by atoms with Crippen LogP contribution in [0.2, 0.25) is 5.02 Å². The van der Waals surface area contributed by atoms with Crippen LogP contribution >= 0.6 is 11.6 Å². The van der Waals surface area contributed by atoms with E-state index in [1.165, 1.54) is 12.1 Å². The van der Waals surface area contributed by atoms with Crippen LogP contribution in [0.4, 0.5) is 10.3 Å². The standard InChI is InChI=1S/C17H17ClFN5O2/c1-2-25-16-7-11(9-20-17-21-23-24-22-17)3-6-15(16)26-10-12-4-5-13(19)8-14(12)18/h3-8H,2,9-10H2,1H3,(H2,20,21,22,23,24). The largest absolute Gasteiger partial charge is 0.490 e. The Morgan fingerprint density at radius 1 is 1.15 bits per heavy atom. The minimum atomic E-state index is -0.382. The first kappa shape index (κ1) is 17.9. The first-order valence-electron chi connectivity index (χ1n) is 7.95. The number of hydrogen-bond donors (Lipinski definition) is 2. The second-order valence-corrected chi connectivity index (χ2v) is 5.73. The van der Waals surface area contributed by atoms with E-state index in [9.17, 15) is 4.39 Å². The molecule has 0 amide bonds. The zero-order chi connectivity index (χ0) is 18.4. The van der Waals surface area contributed by atoms with Crippen molar-refractivity contribution >= 4 is 17.5 Å². The molecule has 1 aromatic heterocycles. The van der Waals surface area contributed by atoms with E-state index >= 15 is 0 Å². The Labute approximate surface area is 154 Å². The van der Waals surface area contributed by atoms with Gasteiger partial charge in [0.1, 0.15) is 12.4 Å². The fourth-order valence-corrected chi connectivity index (χ4v) is 2.48. The normalized spacial score (nSPS) is 10.6. The number of aromatic amines is 1. The van der Waals surface area contributed by atoms with E-state index in [0.29, 0.717) is 41.2 Å². The first-order chi connectivity index (χ1) is 12.7. The number of tetrazole rings is 1. The third kappa shape index (κ3) is 4.60. The summed E-state index contributed by atoms with van der Waals surface area (Å²) in [5.41, 5.74) is 1.66. The number of nitrogens with one attached hydrogen (secondary N) is 2. The molecule has 0 saturated heterocycles. The second kappa shape index (κ2) is 8.48. The third-order valence-electron chi connectivity index (χ3n) is 3.50. The van der Waals surface area contributed by atoms with Crippen LogP contribution < -0.4 is 14.8 Å². The molecule has 26 heavy (non-hydrogen) atoms. The van der Waals surface area contributed by atoms with Crippen molar-refractivity contribution in [2.75, 3.05) is 11.9 Å². The minimum absolute atomic E-state index is 0.208. The Morgan fingerprint density at radius 2 is 2.04 bits per heavy atom. The van der Waals surface area contributed by atoms with Gasteiger partial charge in [0.05, 0.1) is 11.6 Å². The zero-order valence-corrected chi connectivity index (χ0v) is 14.8. The van der Waals surface area contributed by atoms with Crippen molar-refractivity contribution in [2.24, 2.45) is 0 Å². The van der Waals surface area contributed by atoms with Gasteiger partial charge in [0.2, 0.25) is 0 Å². The maximum Gasteiger partial charge on any atom is 0.263 e. The molecule has 0 saturated carbocycles. The predicted molar refractivity (Wildman–Crippen MR) is 94.9 cm³/mol. The molecule has 1 heterocycles. The van der Waals surface area contributed by atoms with E-state index < -0.39 is 0 Å². The summed E-state index contributed by atoms with van der Waals surface area (Å²) < 4.78 is 24.6. The highest BCUT2D eigenvalue weighted by Gasteiger charge is 2.09. The summed E-state index contributed by atoms with van der Waals surface area (Å²) in [4.78, 5) is 0. The van der Waals surface area contributed by atoms with Crippen molar-refractivity contribution in [1.29, 1.82) is 0 Å². The molecule has 0 aliphatic rings. The summed E-state index contributed by atoms with van der Waals surface area (Å²) >= 11 is 6.03. The number of benzene rings is 2. The topological polar surface area (TPSA) is 85.0 Å². The van der Waals surface area contributed by atoms with Gasteiger partial charge in [-0.05, 0) is 42.0 Å². The van der Waals surface area contributed by atoms with Gasteiger partial charge in [0.15, 0.2) is 11.5 Å². The lowest BCUT2D eigenvalue weighted by molar-refractivity contribution is 0.269. The van der Waals surface area contributed by atoms with E-state index in [-0.39, 0.29) is 12.4 Å². The van der Waals surface area contributed by atoms with Crippen LogP contribution in [0.25, 0.3) is 0 Å². The van der Waals surface area contributed by atoms with Gasteiger partial charge in [-0.1, -0.05) is 28.8 Å². The van der Waals surface area contributed by atoms with E-state index in [2.05, 4.69) is 25.9 Å². The number of ether oxygens (including phenoxy) is 2. The highest BCUT2D eigenvalue weighted by molar-refractivity contribution is 6.31. The summed E-state index contributed by atoms with van der Waals surface area (Å²) in [5, 5.41) is 16.9. The van der Waals surface area contributed by atoms with E-state index in [0.717, 1.165) is 5.56 Å². The summed E-state index contributed by atoms with van der Waals surface area (Å²) in [5.74, 6) is 1.22. The fourth-order valence-electron chi connectivity index (χ4n) is 2.26. The van der Waals surface area contributed by atoms with Crippen molar-refractivity contribution in [3.63, 3.8) is 0 Å². The molecule has 7 nitrogen and oxygen atoms in total. The Bertz CT molecular complexity index is 860. The van der Waals surface area contributed by atoms with Crippen LogP contribution in [-0.2, 0) is 13.2 Å². The molecule has 3 rings (SSSR count). The van der Waals surface area contributed by atoms with Crippen molar-refractivity contribution < 1.29 is 13.9 Å². The molecule has 0 aliphatic carbocycles. The average Bonchev–Trinajstić information content (AvgIpc) is 3.14. The second-order valence-electron chi connectivity index (χ2n) is 5.33. The molecular weight excluding hydrogens is 361 g/mol. The number of halogens is 2. The highest BCUT2D eigenvalue weighted by Crippen LogP contribution is 2.30. The number of hydrogen-bond acceptors (Lipinski definition) is 6. The summed E-state index contributed by atoms with van der Waals surface area (Å²) in [6, 6.07) is 9.80. The molecule has 2 N–H and O–H groups in total. The molecule has 0 spiro atoms. The number of nitrogens with zero attached hydrogens (tertiary/aromatic N) is 3. The lowest BCUT2D eigenvalue weighted by atomic mass is 10.2. The van der Waals surface area contributed by atoms with Crippen LogP contribution in [0.3, 0.4) is 0 Å². The lowest BCUT2D eigenvalue weighted by Crippen LogP contribution is -2.04. The molecule has 0 unspecified atom stereocenters. The molecule has 2 aromatic carbocycles. The first-order valence-corrected chi connectivity index (χ1v) is 8.33. The van der Waals surface area contributed by atoms with Gasteiger partial charge in [-0.15, -0.1) is 5.10 Å². The van der Waals surface area contributed by atoms with Crippen LogP contribution in [0.5, 0.6) is 11.5 Å². The number of rotatable bonds is 8. The molecule has 0 radical (unpaired) electrons. The smallest absolute Gasteiger partial charge is 0.263 e. The van der Waals surface area contributed by atoms with Gasteiger partial charge in [-0.3, -0.25) is 0 Å². The fraction of sp³-hybridized carbons (Fsp3) is 0.235. The number of H-pyrrole nitrogens is 1. The van der Waals surface area contributed by atoms with Gasteiger partial charge in [0, 0.05) is 12.1 Å². The molecule has 0 atom stereocenters. The monoisotopic (exact) mass is 377 g/mol. The van der Waals surface area contributed by atoms with Gasteiger partial charge < -0.3 is 14.8 Å². The molecule has 0 fully saturated rings. The summed E-state index contributed by atoms with van der Waals surface area (Å²) in [7, 11) is 0. The Hall–Kier alpha value is -2.87. The van der Waals surface area contributed by atoms with Gasteiger partial charge in [-0.25, -0.2) is 4.39 Å². The van der Waals surface area contributed by atoms with Crippen LogP contribution in [0, 0.1) is 5.82 Å². The minimum Gasteiger partial charge on any atom is -0.490 e. The van der Waals surface area contributed by atoms with Crippen LogP contribution in [0.1, 0.15) is 18.1 Å². The predicted octanol–water partition coefficient (Wildman–Crippen LogP) is 3.58. The van der Waals surface area contributed by atoms with E-state index in [1.807, 2.05) is 25.1 Å². The molecule has 0 bridgehead atoms. The maximum absolute atomic E-state index is 13.1. The van der Waals surface area contributed by atoms with Crippen LogP contribution in [0.15, 0.2) is 36.4 Å². The van der Waals surface area contributed by atoms with Gasteiger partial charge >= 0.3 is 0 Å². The van der Waals surface area contributed by atoms with Gasteiger partial charge in [-0.2, -0.15) is 5.21 Å². The van der Waals surface area contributed by atoms with Crippen molar-refractivity contribution in [1.82, 2.24) is 20.6 Å². The highest BCUT2D eigenvalue weighted by atomic mass is 35.5. The maximum atomic E-state index is 13.1. The van der Waals surface area contributed by atoms with Crippen molar-refractivity contribution in [3.8, 4) is 11.5 Å². The number of anilines is 1. The lowest BCUT2D eigenvalue weighted by Gasteiger charge is -2.14. The SMILES string of the molecule is CCOc1cc(CNc2nn[nH]n2)ccc1OCc1ccc(F)cc1Cl. The molecule has 9 heteroatoms. The quantitative estimate of drug-likeness (QED) is 0.624. The number of aromatic nitrogens is 4. The van der Waals surface area contributed by atoms with Crippen molar-refractivity contribution in [3.05, 3.63) is 58.4 Å². The Kier molecular flexibility index (Phi) is 5.85. The molecule has 0 aliphatic heterocycles. The van der Waals surface area contributed by atoms with Crippen molar-refractivity contribution in [2.45, 2.75) is 20.1 Å². The summed E-state index contributed by atoms with van der Waals surface area (Å²) in [6.45, 7) is 3.10. The third-order valence-corrected chi connectivity index (χ3v) is 3.85. The Morgan fingerprint density at radius 3 is 2.77 bits per heavy atom. The summed E-state index contributed by atoms with van der Waals surface area (Å²) in [6.07, 6.45) is 0.